The molecule has 1 unspecified atom stereocenters. The van der Waals surface area contributed by atoms with Crippen molar-refractivity contribution in [3.8, 4) is 5.88 Å². The van der Waals surface area contributed by atoms with Gasteiger partial charge in [-0.3, -0.25) is 0 Å². The molecule has 3 nitrogen and oxygen atoms in total. The number of aromatic hydroxyl groups is 1. The number of thiazole rings is 1. The van der Waals surface area contributed by atoms with Gasteiger partial charge in [-0.05, 0) is 12.8 Å². The van der Waals surface area contributed by atoms with Gasteiger partial charge < -0.3 is 10.0 Å². The third kappa shape index (κ3) is 2.34. The fourth-order valence-electron chi connectivity index (χ4n) is 1.04. The van der Waals surface area contributed by atoms with Crippen LogP contribution in [0.3, 0.4) is 0 Å². The van der Waals surface area contributed by atoms with Gasteiger partial charge in [0.25, 0.3) is 0 Å². The quantitative estimate of drug-likeness (QED) is 0.813. The van der Waals surface area contributed by atoms with E-state index in [1.165, 1.54) is 11.3 Å². The molecule has 0 fully saturated rings. The van der Waals surface area contributed by atoms with Crippen LogP contribution in [0, 0.1) is 5.92 Å². The van der Waals surface area contributed by atoms with Crippen molar-refractivity contribution >= 4 is 16.5 Å². The summed E-state index contributed by atoms with van der Waals surface area (Å²) in [7, 11) is 2.00. The molecular formula is C9H16N2OS. The monoisotopic (exact) mass is 200 g/mol. The van der Waals surface area contributed by atoms with Gasteiger partial charge in [0.2, 0.25) is 5.88 Å². The second-order valence-corrected chi connectivity index (χ2v) is 4.42. The first-order chi connectivity index (χ1) is 6.02. The molecule has 0 saturated heterocycles. The largest absolute Gasteiger partial charge is 0.493 e. The summed E-state index contributed by atoms with van der Waals surface area (Å²) in [5, 5.41) is 11.6. The number of aromatic nitrogens is 1. The SMILES string of the molecule is CC(C)C(C)N(C)c1nc(O)cs1. The van der Waals surface area contributed by atoms with E-state index < -0.39 is 0 Å². The smallest absolute Gasteiger partial charge is 0.223 e. The van der Waals surface area contributed by atoms with Crippen LogP contribution in [0.25, 0.3) is 0 Å². The van der Waals surface area contributed by atoms with Crippen molar-refractivity contribution < 1.29 is 5.11 Å². The van der Waals surface area contributed by atoms with E-state index in [1.54, 1.807) is 5.38 Å². The van der Waals surface area contributed by atoms with Crippen LogP contribution in [-0.4, -0.2) is 23.2 Å². The molecule has 0 bridgehead atoms. The van der Waals surface area contributed by atoms with Crippen LogP contribution >= 0.6 is 11.3 Å². The van der Waals surface area contributed by atoms with E-state index in [0.717, 1.165) is 5.13 Å². The van der Waals surface area contributed by atoms with Gasteiger partial charge in [-0.2, -0.15) is 4.98 Å². The minimum atomic E-state index is 0.114. The Morgan fingerprint density at radius 2 is 2.08 bits per heavy atom. The van der Waals surface area contributed by atoms with Gasteiger partial charge in [-0.25, -0.2) is 0 Å². The van der Waals surface area contributed by atoms with Gasteiger partial charge in [0.05, 0.1) is 5.38 Å². The third-order valence-electron chi connectivity index (χ3n) is 2.36. The fraction of sp³-hybridized carbons (Fsp3) is 0.667. The minimum Gasteiger partial charge on any atom is -0.493 e. The van der Waals surface area contributed by atoms with Crippen molar-refractivity contribution in [3.05, 3.63) is 5.38 Å². The molecule has 4 heteroatoms. The van der Waals surface area contributed by atoms with Crippen molar-refractivity contribution in [2.24, 2.45) is 5.92 Å². The topological polar surface area (TPSA) is 36.4 Å². The van der Waals surface area contributed by atoms with Crippen LogP contribution in [0.4, 0.5) is 5.13 Å². The van der Waals surface area contributed by atoms with Gasteiger partial charge in [-0.15, -0.1) is 11.3 Å². The molecule has 0 aromatic carbocycles. The molecule has 0 amide bonds. The van der Waals surface area contributed by atoms with Crippen LogP contribution < -0.4 is 4.90 Å². The molecule has 1 atom stereocenters. The standard InChI is InChI=1S/C9H16N2OS/c1-6(2)7(3)11(4)9-10-8(12)5-13-9/h5-7,12H,1-4H3. The lowest BCUT2D eigenvalue weighted by Crippen LogP contribution is -2.32. The Hall–Kier alpha value is -0.770. The second-order valence-electron chi connectivity index (χ2n) is 3.58. The highest BCUT2D eigenvalue weighted by molar-refractivity contribution is 7.13. The summed E-state index contributed by atoms with van der Waals surface area (Å²) in [5.74, 6) is 0.693. The molecule has 74 valence electrons. The number of rotatable bonds is 3. The lowest BCUT2D eigenvalue weighted by Gasteiger charge is -2.27. The molecule has 13 heavy (non-hydrogen) atoms. The highest BCUT2D eigenvalue weighted by atomic mass is 32.1. The van der Waals surface area contributed by atoms with Crippen molar-refractivity contribution in [2.45, 2.75) is 26.8 Å². The van der Waals surface area contributed by atoms with Crippen LogP contribution in [0.1, 0.15) is 20.8 Å². The first-order valence-corrected chi connectivity index (χ1v) is 5.27. The van der Waals surface area contributed by atoms with E-state index in [9.17, 15) is 0 Å². The Balaban J connectivity index is 2.73. The molecule has 1 rings (SSSR count). The molecule has 0 saturated carbocycles. The van der Waals surface area contributed by atoms with E-state index >= 15 is 0 Å². The first kappa shape index (κ1) is 10.3. The molecule has 1 N–H and O–H groups in total. The summed E-state index contributed by atoms with van der Waals surface area (Å²) in [5.41, 5.74) is 0. The highest BCUT2D eigenvalue weighted by Gasteiger charge is 2.16. The molecule has 0 aliphatic heterocycles. The van der Waals surface area contributed by atoms with Crippen molar-refractivity contribution in [1.82, 2.24) is 4.98 Å². The highest BCUT2D eigenvalue weighted by Crippen LogP contribution is 2.25. The first-order valence-electron chi connectivity index (χ1n) is 4.39. The molecule has 0 radical (unpaired) electrons. The maximum absolute atomic E-state index is 9.09. The maximum atomic E-state index is 9.09. The van der Waals surface area contributed by atoms with Gasteiger partial charge in [0.15, 0.2) is 5.13 Å². The Kier molecular flexibility index (Phi) is 3.14. The summed E-state index contributed by atoms with van der Waals surface area (Å²) in [6.07, 6.45) is 0. The van der Waals surface area contributed by atoms with E-state index in [0.29, 0.717) is 12.0 Å². The number of hydrogen-bond acceptors (Lipinski definition) is 4. The van der Waals surface area contributed by atoms with E-state index in [-0.39, 0.29) is 5.88 Å². The van der Waals surface area contributed by atoms with Crippen molar-refractivity contribution in [3.63, 3.8) is 0 Å². The summed E-state index contributed by atoms with van der Waals surface area (Å²) >= 11 is 1.47. The van der Waals surface area contributed by atoms with Crippen LogP contribution in [0.2, 0.25) is 0 Å². The Bertz CT molecular complexity index is 272. The summed E-state index contributed by atoms with van der Waals surface area (Å²) in [4.78, 5) is 6.11. The zero-order valence-electron chi connectivity index (χ0n) is 8.48. The predicted molar refractivity (Wildman–Crippen MR) is 56.5 cm³/mol. The Morgan fingerprint density at radius 3 is 2.46 bits per heavy atom. The Morgan fingerprint density at radius 1 is 1.46 bits per heavy atom. The molecule has 1 aromatic rings. The number of nitrogens with zero attached hydrogens (tertiary/aromatic N) is 2. The average molecular weight is 200 g/mol. The summed E-state index contributed by atoms with van der Waals surface area (Å²) < 4.78 is 0. The average Bonchev–Trinajstić information content (AvgIpc) is 2.49. The lowest BCUT2D eigenvalue weighted by atomic mass is 10.1. The van der Waals surface area contributed by atoms with E-state index in [1.807, 2.05) is 7.05 Å². The molecule has 1 heterocycles. The van der Waals surface area contributed by atoms with Crippen LogP contribution in [0.5, 0.6) is 5.88 Å². The van der Waals surface area contributed by atoms with Crippen molar-refractivity contribution in [1.29, 1.82) is 0 Å². The van der Waals surface area contributed by atoms with Gasteiger partial charge in [0.1, 0.15) is 0 Å². The minimum absolute atomic E-state index is 0.114. The second kappa shape index (κ2) is 3.96. The Labute approximate surface area is 83.0 Å². The van der Waals surface area contributed by atoms with Gasteiger partial charge in [-0.1, -0.05) is 13.8 Å². The fourth-order valence-corrected chi connectivity index (χ4v) is 1.78. The summed E-state index contributed by atoms with van der Waals surface area (Å²) in [6.45, 7) is 6.51. The molecule has 1 aromatic heterocycles. The van der Waals surface area contributed by atoms with E-state index in [2.05, 4.69) is 30.7 Å². The van der Waals surface area contributed by atoms with Crippen LogP contribution in [0.15, 0.2) is 5.38 Å². The zero-order valence-corrected chi connectivity index (χ0v) is 9.30. The number of hydrogen-bond donors (Lipinski definition) is 1. The molecule has 0 spiro atoms. The predicted octanol–water partition coefficient (Wildman–Crippen LogP) is 2.33. The number of anilines is 1. The zero-order chi connectivity index (χ0) is 10.0. The van der Waals surface area contributed by atoms with Crippen LogP contribution in [-0.2, 0) is 0 Å². The molecular weight excluding hydrogens is 184 g/mol. The maximum Gasteiger partial charge on any atom is 0.223 e. The molecule has 0 aliphatic carbocycles. The van der Waals surface area contributed by atoms with Crippen molar-refractivity contribution in [2.75, 3.05) is 11.9 Å². The van der Waals surface area contributed by atoms with Gasteiger partial charge >= 0.3 is 0 Å². The normalized spacial score (nSPS) is 13.3. The van der Waals surface area contributed by atoms with E-state index in [4.69, 9.17) is 5.11 Å². The third-order valence-corrected chi connectivity index (χ3v) is 3.28. The lowest BCUT2D eigenvalue weighted by molar-refractivity contribution is 0.454. The summed E-state index contributed by atoms with van der Waals surface area (Å²) in [6, 6.07) is 0.436. The van der Waals surface area contributed by atoms with Gasteiger partial charge in [0, 0.05) is 13.1 Å². The molecule has 0 aliphatic rings.